The maximum Gasteiger partial charge on any atom is 0.126 e. The Bertz CT molecular complexity index is 365. The molecule has 3 nitrogen and oxygen atoms in total. The molecular formula is C15H25N3. The van der Waals surface area contributed by atoms with Gasteiger partial charge in [0.15, 0.2) is 0 Å². The molecule has 100 valence electrons. The van der Waals surface area contributed by atoms with Crippen molar-refractivity contribution in [2.75, 3.05) is 18.4 Å². The summed E-state index contributed by atoms with van der Waals surface area (Å²) < 4.78 is 0. The minimum absolute atomic E-state index is 0.692. The van der Waals surface area contributed by atoms with E-state index in [1.54, 1.807) is 0 Å². The fourth-order valence-electron chi connectivity index (χ4n) is 2.62. The third-order valence-corrected chi connectivity index (χ3v) is 3.72. The zero-order chi connectivity index (χ0) is 12.8. The van der Waals surface area contributed by atoms with Gasteiger partial charge in [0.2, 0.25) is 0 Å². The minimum atomic E-state index is 0.692. The molecule has 1 fully saturated rings. The molecule has 1 unspecified atom stereocenters. The number of hydrogen-bond donors (Lipinski definition) is 1. The van der Waals surface area contributed by atoms with Crippen LogP contribution in [0.5, 0.6) is 0 Å². The molecule has 0 radical (unpaired) electrons. The summed E-state index contributed by atoms with van der Waals surface area (Å²) in [6, 6.07) is 6.97. The Labute approximate surface area is 111 Å². The minimum Gasteiger partial charge on any atom is -0.370 e. The van der Waals surface area contributed by atoms with Crippen LogP contribution >= 0.6 is 0 Å². The molecule has 0 aromatic carbocycles. The fraction of sp³-hybridized carbons (Fsp3) is 0.667. The van der Waals surface area contributed by atoms with Crippen LogP contribution in [0.4, 0.5) is 5.82 Å². The predicted octanol–water partition coefficient (Wildman–Crippen LogP) is 3.28. The molecule has 0 bridgehead atoms. The third kappa shape index (κ3) is 3.70. The molecule has 1 N–H and O–H groups in total. The number of likely N-dealkylation sites (tertiary alicyclic amines) is 1. The van der Waals surface area contributed by atoms with Crippen molar-refractivity contribution < 1.29 is 0 Å². The number of rotatable bonds is 4. The smallest absolute Gasteiger partial charge is 0.126 e. The molecule has 3 heteroatoms. The number of aromatic nitrogens is 1. The van der Waals surface area contributed by atoms with Gasteiger partial charge in [-0.25, -0.2) is 4.98 Å². The van der Waals surface area contributed by atoms with E-state index in [1.165, 1.54) is 37.9 Å². The van der Waals surface area contributed by atoms with Crippen molar-refractivity contribution in [2.24, 2.45) is 0 Å². The van der Waals surface area contributed by atoms with Crippen LogP contribution < -0.4 is 5.32 Å². The van der Waals surface area contributed by atoms with Gasteiger partial charge in [0.25, 0.3) is 0 Å². The van der Waals surface area contributed by atoms with Gasteiger partial charge in [0.1, 0.15) is 5.82 Å². The molecule has 1 aromatic rings. The first-order chi connectivity index (χ1) is 8.79. The SMILES string of the molecule is CCNc1cccc(CN2CCCCCC2C)n1. The van der Waals surface area contributed by atoms with Crippen LogP contribution in [0, 0.1) is 0 Å². The Balaban J connectivity index is 2.00. The fourth-order valence-corrected chi connectivity index (χ4v) is 2.62. The molecule has 18 heavy (non-hydrogen) atoms. The van der Waals surface area contributed by atoms with Crippen molar-refractivity contribution in [3.63, 3.8) is 0 Å². The van der Waals surface area contributed by atoms with Crippen molar-refractivity contribution in [1.82, 2.24) is 9.88 Å². The van der Waals surface area contributed by atoms with Crippen LogP contribution in [-0.2, 0) is 6.54 Å². The molecule has 2 heterocycles. The van der Waals surface area contributed by atoms with Crippen LogP contribution in [0.25, 0.3) is 0 Å². The van der Waals surface area contributed by atoms with Gasteiger partial charge in [0.05, 0.1) is 5.69 Å². The van der Waals surface area contributed by atoms with E-state index in [9.17, 15) is 0 Å². The summed E-state index contributed by atoms with van der Waals surface area (Å²) in [5, 5.41) is 3.28. The lowest BCUT2D eigenvalue weighted by molar-refractivity contribution is 0.202. The summed E-state index contributed by atoms with van der Waals surface area (Å²) in [6.45, 7) is 7.58. The van der Waals surface area contributed by atoms with Gasteiger partial charge < -0.3 is 5.32 Å². The lowest BCUT2D eigenvalue weighted by Crippen LogP contribution is -2.32. The van der Waals surface area contributed by atoms with E-state index >= 15 is 0 Å². The highest BCUT2D eigenvalue weighted by Gasteiger charge is 2.17. The molecule has 0 spiro atoms. The van der Waals surface area contributed by atoms with E-state index in [2.05, 4.69) is 41.2 Å². The lowest BCUT2D eigenvalue weighted by Gasteiger charge is -2.26. The molecule has 1 atom stereocenters. The number of pyridine rings is 1. The van der Waals surface area contributed by atoms with Gasteiger partial charge >= 0.3 is 0 Å². The predicted molar refractivity (Wildman–Crippen MR) is 76.7 cm³/mol. The Kier molecular flexibility index (Phi) is 5.00. The summed E-state index contributed by atoms with van der Waals surface area (Å²) >= 11 is 0. The summed E-state index contributed by atoms with van der Waals surface area (Å²) in [5.74, 6) is 0.998. The van der Waals surface area contributed by atoms with Gasteiger partial charge in [-0.15, -0.1) is 0 Å². The highest BCUT2D eigenvalue weighted by molar-refractivity contribution is 5.34. The van der Waals surface area contributed by atoms with Gasteiger partial charge in [-0.3, -0.25) is 4.90 Å². The van der Waals surface area contributed by atoms with Crippen molar-refractivity contribution in [3.8, 4) is 0 Å². The summed E-state index contributed by atoms with van der Waals surface area (Å²) in [6.07, 6.45) is 5.42. The normalized spacial score (nSPS) is 21.6. The quantitative estimate of drug-likeness (QED) is 0.885. The van der Waals surface area contributed by atoms with E-state index in [4.69, 9.17) is 0 Å². The molecule has 0 saturated carbocycles. The largest absolute Gasteiger partial charge is 0.370 e. The number of anilines is 1. The van der Waals surface area contributed by atoms with Gasteiger partial charge in [-0.05, 0) is 45.4 Å². The molecule has 1 aliphatic rings. The zero-order valence-electron chi connectivity index (χ0n) is 11.7. The number of nitrogens with one attached hydrogen (secondary N) is 1. The maximum atomic E-state index is 4.67. The summed E-state index contributed by atoms with van der Waals surface area (Å²) in [5.41, 5.74) is 1.18. The average molecular weight is 247 g/mol. The van der Waals surface area contributed by atoms with Crippen LogP contribution in [-0.4, -0.2) is 29.0 Å². The highest BCUT2D eigenvalue weighted by Crippen LogP contribution is 2.18. The van der Waals surface area contributed by atoms with Gasteiger partial charge in [0, 0.05) is 19.1 Å². The molecule has 2 rings (SSSR count). The second-order valence-electron chi connectivity index (χ2n) is 5.21. The van der Waals surface area contributed by atoms with Gasteiger partial charge in [-0.1, -0.05) is 18.9 Å². The van der Waals surface area contributed by atoms with E-state index in [-0.39, 0.29) is 0 Å². The Morgan fingerprint density at radius 1 is 1.33 bits per heavy atom. The van der Waals surface area contributed by atoms with Crippen molar-refractivity contribution in [3.05, 3.63) is 23.9 Å². The lowest BCUT2D eigenvalue weighted by atomic mass is 10.1. The molecular weight excluding hydrogens is 222 g/mol. The second-order valence-corrected chi connectivity index (χ2v) is 5.21. The van der Waals surface area contributed by atoms with Crippen LogP contribution in [0.15, 0.2) is 18.2 Å². The Hall–Kier alpha value is -1.09. The molecule has 0 aliphatic carbocycles. The van der Waals surface area contributed by atoms with Crippen LogP contribution in [0.1, 0.15) is 45.2 Å². The van der Waals surface area contributed by atoms with E-state index < -0.39 is 0 Å². The zero-order valence-corrected chi connectivity index (χ0v) is 11.7. The molecule has 1 saturated heterocycles. The topological polar surface area (TPSA) is 28.2 Å². The number of hydrogen-bond acceptors (Lipinski definition) is 3. The molecule has 1 aliphatic heterocycles. The highest BCUT2D eigenvalue weighted by atomic mass is 15.2. The van der Waals surface area contributed by atoms with E-state index in [0.717, 1.165) is 18.9 Å². The second kappa shape index (κ2) is 6.74. The first-order valence-corrected chi connectivity index (χ1v) is 7.23. The molecule has 1 aromatic heterocycles. The Morgan fingerprint density at radius 3 is 3.06 bits per heavy atom. The average Bonchev–Trinajstić information content (AvgIpc) is 2.56. The van der Waals surface area contributed by atoms with Crippen LogP contribution in [0.3, 0.4) is 0 Å². The number of nitrogens with zero attached hydrogens (tertiary/aromatic N) is 2. The third-order valence-electron chi connectivity index (χ3n) is 3.72. The Morgan fingerprint density at radius 2 is 2.22 bits per heavy atom. The summed E-state index contributed by atoms with van der Waals surface area (Å²) in [7, 11) is 0. The van der Waals surface area contributed by atoms with E-state index in [1.807, 2.05) is 6.07 Å². The van der Waals surface area contributed by atoms with Crippen molar-refractivity contribution >= 4 is 5.82 Å². The first kappa shape index (κ1) is 13.3. The van der Waals surface area contributed by atoms with Gasteiger partial charge in [-0.2, -0.15) is 0 Å². The molecule has 0 amide bonds. The van der Waals surface area contributed by atoms with Crippen LogP contribution in [0.2, 0.25) is 0 Å². The monoisotopic (exact) mass is 247 g/mol. The standard InChI is InChI=1S/C15H25N3/c1-3-16-15-10-7-9-14(17-15)12-18-11-6-4-5-8-13(18)2/h7,9-10,13H,3-6,8,11-12H2,1-2H3,(H,16,17). The first-order valence-electron chi connectivity index (χ1n) is 7.23. The summed E-state index contributed by atoms with van der Waals surface area (Å²) in [4.78, 5) is 7.24. The van der Waals surface area contributed by atoms with Crippen molar-refractivity contribution in [1.29, 1.82) is 0 Å². The maximum absolute atomic E-state index is 4.67. The van der Waals surface area contributed by atoms with Crippen molar-refractivity contribution in [2.45, 2.75) is 52.1 Å². The van der Waals surface area contributed by atoms with E-state index in [0.29, 0.717) is 6.04 Å².